The maximum atomic E-state index is 5.47. The van der Waals surface area contributed by atoms with E-state index in [1.54, 1.807) is 0 Å². The molecule has 1 aromatic carbocycles. The molecule has 0 aliphatic carbocycles. The Kier molecular flexibility index (Phi) is 3.06. The van der Waals surface area contributed by atoms with Gasteiger partial charge in [-0.25, -0.2) is 0 Å². The Bertz CT molecular complexity index is 276. The van der Waals surface area contributed by atoms with Crippen molar-refractivity contribution in [2.45, 2.75) is 13.3 Å². The third-order valence-corrected chi connectivity index (χ3v) is 1.99. The van der Waals surface area contributed by atoms with Crippen molar-refractivity contribution in [3.63, 3.8) is 0 Å². The molecule has 0 aliphatic heterocycles. The largest absolute Gasteiger partial charge is 0.327 e. The Balaban J connectivity index is 2.75. The summed E-state index contributed by atoms with van der Waals surface area (Å²) in [5.74, 6) is 0. The van der Waals surface area contributed by atoms with Gasteiger partial charge in [0.05, 0.1) is 0 Å². The van der Waals surface area contributed by atoms with Crippen LogP contribution in [-0.4, -0.2) is 6.54 Å². The average molecular weight is 161 g/mol. The van der Waals surface area contributed by atoms with Gasteiger partial charge in [-0.1, -0.05) is 36.4 Å². The molecule has 64 valence electrons. The Hall–Kier alpha value is -1.08. The maximum absolute atomic E-state index is 5.47. The van der Waals surface area contributed by atoms with Gasteiger partial charge in [0.1, 0.15) is 0 Å². The first-order chi connectivity index (χ1) is 5.74. The number of nitrogens with two attached hydrogens (primary N) is 1. The molecule has 1 nitrogen and oxygen atoms in total. The molecule has 0 heterocycles. The van der Waals surface area contributed by atoms with E-state index in [0.717, 1.165) is 12.0 Å². The fraction of sp³-hybridized carbons (Fsp3) is 0.273. The van der Waals surface area contributed by atoms with Crippen molar-refractivity contribution >= 4 is 0 Å². The van der Waals surface area contributed by atoms with Gasteiger partial charge >= 0.3 is 0 Å². The van der Waals surface area contributed by atoms with Gasteiger partial charge < -0.3 is 5.73 Å². The van der Waals surface area contributed by atoms with Gasteiger partial charge in [-0.15, -0.1) is 0 Å². The third-order valence-electron chi connectivity index (χ3n) is 1.99. The second-order valence-corrected chi connectivity index (χ2v) is 3.06. The molecule has 2 N–H and O–H groups in total. The predicted molar refractivity (Wildman–Crippen MR) is 53.1 cm³/mol. The van der Waals surface area contributed by atoms with Crippen LogP contribution in [0.15, 0.2) is 36.4 Å². The topological polar surface area (TPSA) is 26.0 Å². The van der Waals surface area contributed by atoms with Crippen LogP contribution in [0.2, 0.25) is 0 Å². The normalized spacial score (nSPS) is 9.83. The summed E-state index contributed by atoms with van der Waals surface area (Å²) in [5, 5.41) is 0. The minimum atomic E-state index is 0.578. The average Bonchev–Trinajstić information content (AvgIpc) is 2.09. The summed E-state index contributed by atoms with van der Waals surface area (Å²) in [6.07, 6.45) is 0.906. The van der Waals surface area contributed by atoms with Crippen LogP contribution in [0.1, 0.15) is 11.1 Å². The standard InChI is InChI=1S/C11H15N/c1-9(8-12)7-11-6-4-3-5-10(11)2/h3-6H,1,7-8,12H2,2H3. The second-order valence-electron chi connectivity index (χ2n) is 3.06. The highest BCUT2D eigenvalue weighted by molar-refractivity contribution is 5.29. The summed E-state index contributed by atoms with van der Waals surface area (Å²) < 4.78 is 0. The molecule has 12 heavy (non-hydrogen) atoms. The van der Waals surface area contributed by atoms with Crippen LogP contribution in [0.4, 0.5) is 0 Å². The lowest BCUT2D eigenvalue weighted by Crippen LogP contribution is -2.04. The fourth-order valence-corrected chi connectivity index (χ4v) is 1.15. The first-order valence-corrected chi connectivity index (χ1v) is 4.15. The Morgan fingerprint density at radius 1 is 1.42 bits per heavy atom. The molecule has 0 radical (unpaired) electrons. The van der Waals surface area contributed by atoms with Crippen molar-refractivity contribution < 1.29 is 0 Å². The molecule has 1 aromatic rings. The zero-order chi connectivity index (χ0) is 8.97. The second kappa shape index (κ2) is 4.07. The van der Waals surface area contributed by atoms with Crippen LogP contribution >= 0.6 is 0 Å². The van der Waals surface area contributed by atoms with Crippen molar-refractivity contribution in [1.29, 1.82) is 0 Å². The fourth-order valence-electron chi connectivity index (χ4n) is 1.15. The molecule has 0 aromatic heterocycles. The number of rotatable bonds is 3. The van der Waals surface area contributed by atoms with Crippen LogP contribution in [0.5, 0.6) is 0 Å². The van der Waals surface area contributed by atoms with Gasteiger partial charge in [-0.2, -0.15) is 0 Å². The summed E-state index contributed by atoms with van der Waals surface area (Å²) in [6.45, 7) is 6.57. The van der Waals surface area contributed by atoms with E-state index < -0.39 is 0 Å². The first-order valence-electron chi connectivity index (χ1n) is 4.15. The van der Waals surface area contributed by atoms with E-state index in [2.05, 4.69) is 25.6 Å². The van der Waals surface area contributed by atoms with Gasteiger partial charge in [0.2, 0.25) is 0 Å². The number of hydrogen-bond acceptors (Lipinski definition) is 1. The molecule has 0 saturated heterocycles. The van der Waals surface area contributed by atoms with E-state index in [4.69, 9.17) is 5.73 Å². The van der Waals surface area contributed by atoms with Gasteiger partial charge in [0.15, 0.2) is 0 Å². The van der Waals surface area contributed by atoms with E-state index >= 15 is 0 Å². The number of benzene rings is 1. The van der Waals surface area contributed by atoms with Crippen LogP contribution in [0, 0.1) is 6.92 Å². The molecular formula is C11H15N. The van der Waals surface area contributed by atoms with Gasteiger partial charge in [-0.05, 0) is 24.5 Å². The zero-order valence-electron chi connectivity index (χ0n) is 7.51. The van der Waals surface area contributed by atoms with Gasteiger partial charge in [0, 0.05) is 6.54 Å². The monoisotopic (exact) mass is 161 g/mol. The molecule has 0 bridgehead atoms. The zero-order valence-corrected chi connectivity index (χ0v) is 7.51. The molecule has 0 atom stereocenters. The Morgan fingerprint density at radius 3 is 2.67 bits per heavy atom. The lowest BCUT2D eigenvalue weighted by atomic mass is 10.0. The highest BCUT2D eigenvalue weighted by Crippen LogP contribution is 2.10. The van der Waals surface area contributed by atoms with Crippen molar-refractivity contribution in [3.05, 3.63) is 47.5 Å². The van der Waals surface area contributed by atoms with Crippen LogP contribution in [-0.2, 0) is 6.42 Å². The van der Waals surface area contributed by atoms with Crippen molar-refractivity contribution in [1.82, 2.24) is 0 Å². The maximum Gasteiger partial charge on any atom is 0.0137 e. The molecule has 0 aliphatic rings. The van der Waals surface area contributed by atoms with E-state index in [0.29, 0.717) is 6.54 Å². The van der Waals surface area contributed by atoms with Crippen LogP contribution < -0.4 is 5.73 Å². The SMILES string of the molecule is C=C(CN)Cc1ccccc1C. The quantitative estimate of drug-likeness (QED) is 0.675. The predicted octanol–water partition coefficient (Wildman–Crippen LogP) is 2.05. The summed E-state index contributed by atoms with van der Waals surface area (Å²) in [6, 6.07) is 8.32. The van der Waals surface area contributed by atoms with E-state index in [1.807, 2.05) is 12.1 Å². The summed E-state index contributed by atoms with van der Waals surface area (Å²) >= 11 is 0. The van der Waals surface area contributed by atoms with Crippen molar-refractivity contribution in [2.75, 3.05) is 6.54 Å². The lowest BCUT2D eigenvalue weighted by molar-refractivity contribution is 1.03. The molecule has 0 amide bonds. The van der Waals surface area contributed by atoms with Crippen molar-refractivity contribution in [3.8, 4) is 0 Å². The minimum Gasteiger partial charge on any atom is -0.327 e. The molecule has 0 unspecified atom stereocenters. The Labute approximate surface area is 73.9 Å². The summed E-state index contributed by atoms with van der Waals surface area (Å²) in [7, 11) is 0. The Morgan fingerprint density at radius 2 is 2.08 bits per heavy atom. The molecule has 0 saturated carbocycles. The van der Waals surface area contributed by atoms with Gasteiger partial charge in [0.25, 0.3) is 0 Å². The summed E-state index contributed by atoms with van der Waals surface area (Å²) in [5.41, 5.74) is 9.20. The van der Waals surface area contributed by atoms with Crippen LogP contribution in [0.25, 0.3) is 0 Å². The highest BCUT2D eigenvalue weighted by Gasteiger charge is 1.97. The molecule has 0 spiro atoms. The van der Waals surface area contributed by atoms with Crippen LogP contribution in [0.3, 0.4) is 0 Å². The van der Waals surface area contributed by atoms with E-state index in [9.17, 15) is 0 Å². The minimum absolute atomic E-state index is 0.578. The number of aryl methyl sites for hydroxylation is 1. The van der Waals surface area contributed by atoms with E-state index in [1.165, 1.54) is 11.1 Å². The first kappa shape index (κ1) is 9.01. The molecule has 0 fully saturated rings. The molecule has 1 rings (SSSR count). The van der Waals surface area contributed by atoms with Crippen molar-refractivity contribution in [2.24, 2.45) is 5.73 Å². The van der Waals surface area contributed by atoms with E-state index in [-0.39, 0.29) is 0 Å². The lowest BCUT2D eigenvalue weighted by Gasteiger charge is -2.05. The summed E-state index contributed by atoms with van der Waals surface area (Å²) in [4.78, 5) is 0. The highest BCUT2D eigenvalue weighted by atomic mass is 14.5. The number of hydrogen-bond donors (Lipinski definition) is 1. The molecular weight excluding hydrogens is 146 g/mol. The third kappa shape index (κ3) is 2.21. The van der Waals surface area contributed by atoms with Gasteiger partial charge in [-0.3, -0.25) is 0 Å². The smallest absolute Gasteiger partial charge is 0.0137 e. The molecule has 1 heteroatoms.